The molecule has 28 heavy (non-hydrogen) atoms. The first-order valence-electron chi connectivity index (χ1n) is 8.68. The highest BCUT2D eigenvalue weighted by atomic mass is 127. The van der Waals surface area contributed by atoms with Gasteiger partial charge in [-0.3, -0.25) is 3.07 Å². The average Bonchev–Trinajstić information content (AvgIpc) is 2.71. The summed E-state index contributed by atoms with van der Waals surface area (Å²) < 4.78 is 16.4. The lowest BCUT2D eigenvalue weighted by atomic mass is 9.99. The van der Waals surface area contributed by atoms with E-state index < -0.39 is 6.23 Å². The molecule has 0 bridgehead atoms. The molecule has 0 aliphatic rings. The SMILES string of the molecule is Nc1cc(OCC(N)OI)cc(N)c1-c1cccc(COc2ccccc2)c1. The van der Waals surface area contributed by atoms with Crippen molar-refractivity contribution < 1.29 is 12.5 Å². The van der Waals surface area contributed by atoms with Crippen molar-refractivity contribution in [2.75, 3.05) is 18.1 Å². The molecule has 0 spiro atoms. The monoisotopic (exact) mass is 491 g/mol. The first-order valence-corrected chi connectivity index (χ1v) is 9.57. The number of nitrogens with two attached hydrogens (primary N) is 3. The van der Waals surface area contributed by atoms with Crippen molar-refractivity contribution >= 4 is 34.4 Å². The van der Waals surface area contributed by atoms with Crippen LogP contribution in [0.4, 0.5) is 11.4 Å². The van der Waals surface area contributed by atoms with Crippen molar-refractivity contribution in [1.29, 1.82) is 0 Å². The van der Waals surface area contributed by atoms with Crippen LogP contribution in [0.1, 0.15) is 5.56 Å². The first-order chi connectivity index (χ1) is 13.6. The molecule has 0 aromatic heterocycles. The number of nitrogen functional groups attached to an aromatic ring is 2. The zero-order valence-electron chi connectivity index (χ0n) is 15.2. The second-order valence-electron chi connectivity index (χ2n) is 6.22. The van der Waals surface area contributed by atoms with E-state index in [1.54, 1.807) is 35.1 Å². The molecule has 0 saturated heterocycles. The topological polar surface area (TPSA) is 106 Å². The number of hydrogen-bond donors (Lipinski definition) is 3. The standard InChI is InChI=1S/C21H22IN3O3/c22-28-20(25)13-27-17-10-18(23)21(19(24)11-17)15-6-4-5-14(9-15)12-26-16-7-2-1-3-8-16/h1-11,20H,12-13,23-25H2. The molecular formula is C21H22IN3O3. The third-order valence-electron chi connectivity index (χ3n) is 4.07. The fourth-order valence-electron chi connectivity index (χ4n) is 2.78. The van der Waals surface area contributed by atoms with Gasteiger partial charge in [-0.05, 0) is 29.3 Å². The second-order valence-corrected chi connectivity index (χ2v) is 6.73. The van der Waals surface area contributed by atoms with Gasteiger partial charge in [0.05, 0.1) is 0 Å². The van der Waals surface area contributed by atoms with Crippen LogP contribution in [-0.4, -0.2) is 12.8 Å². The molecule has 1 unspecified atom stereocenters. The lowest BCUT2D eigenvalue weighted by Crippen LogP contribution is -2.27. The van der Waals surface area contributed by atoms with Crippen molar-refractivity contribution in [2.24, 2.45) is 5.73 Å². The Labute approximate surface area is 178 Å². The highest BCUT2D eigenvalue weighted by molar-refractivity contribution is 14.1. The number of halogens is 1. The summed E-state index contributed by atoms with van der Waals surface area (Å²) in [4.78, 5) is 0. The molecule has 6 nitrogen and oxygen atoms in total. The van der Waals surface area contributed by atoms with E-state index in [0.29, 0.717) is 23.7 Å². The quantitative estimate of drug-likeness (QED) is 0.249. The Morgan fingerprint density at radius 2 is 1.54 bits per heavy atom. The normalized spacial score (nSPS) is 11.8. The van der Waals surface area contributed by atoms with Gasteiger partial charge < -0.3 is 26.7 Å². The maximum atomic E-state index is 6.25. The van der Waals surface area contributed by atoms with Crippen molar-refractivity contribution in [2.45, 2.75) is 12.8 Å². The molecule has 3 rings (SSSR count). The molecule has 0 radical (unpaired) electrons. The molecule has 0 amide bonds. The smallest absolute Gasteiger partial charge is 0.152 e. The van der Waals surface area contributed by atoms with Crippen molar-refractivity contribution in [3.05, 3.63) is 72.3 Å². The number of hydrogen-bond acceptors (Lipinski definition) is 6. The van der Waals surface area contributed by atoms with Gasteiger partial charge >= 0.3 is 0 Å². The summed E-state index contributed by atoms with van der Waals surface area (Å²) in [5, 5.41) is 0. The summed E-state index contributed by atoms with van der Waals surface area (Å²) in [7, 11) is 0. The molecule has 0 saturated carbocycles. The van der Waals surface area contributed by atoms with Crippen LogP contribution in [0.25, 0.3) is 11.1 Å². The predicted octanol–water partition coefficient (Wildman–Crippen LogP) is 4.13. The number of ether oxygens (including phenoxy) is 2. The van der Waals surface area contributed by atoms with Crippen LogP contribution in [0.5, 0.6) is 11.5 Å². The first kappa shape index (κ1) is 20.2. The van der Waals surface area contributed by atoms with Crippen molar-refractivity contribution in [3.8, 4) is 22.6 Å². The van der Waals surface area contributed by atoms with Gasteiger partial charge in [0.2, 0.25) is 0 Å². The van der Waals surface area contributed by atoms with E-state index >= 15 is 0 Å². The van der Waals surface area contributed by atoms with Gasteiger partial charge in [0.15, 0.2) is 6.23 Å². The average molecular weight is 491 g/mol. The van der Waals surface area contributed by atoms with Crippen LogP contribution in [-0.2, 0) is 9.67 Å². The molecule has 6 N–H and O–H groups in total. The van der Waals surface area contributed by atoms with Gasteiger partial charge in [-0.1, -0.05) is 36.4 Å². The van der Waals surface area contributed by atoms with Crippen LogP contribution in [0.2, 0.25) is 0 Å². The minimum atomic E-state index is -0.524. The summed E-state index contributed by atoms with van der Waals surface area (Å²) in [5.41, 5.74) is 21.9. The molecule has 0 aliphatic carbocycles. The summed E-state index contributed by atoms with van der Waals surface area (Å²) in [6.07, 6.45) is -0.524. The van der Waals surface area contributed by atoms with Gasteiger partial charge in [-0.2, -0.15) is 0 Å². The minimum absolute atomic E-state index is 0.202. The fourth-order valence-corrected chi connectivity index (χ4v) is 2.93. The molecule has 3 aromatic rings. The van der Waals surface area contributed by atoms with E-state index in [9.17, 15) is 0 Å². The van der Waals surface area contributed by atoms with E-state index in [1.807, 2.05) is 54.6 Å². The minimum Gasteiger partial charge on any atom is -0.489 e. The van der Waals surface area contributed by atoms with Gasteiger partial charge in [-0.25, -0.2) is 0 Å². The largest absolute Gasteiger partial charge is 0.489 e. The van der Waals surface area contributed by atoms with E-state index in [-0.39, 0.29) is 6.61 Å². The lowest BCUT2D eigenvalue weighted by Gasteiger charge is -2.15. The summed E-state index contributed by atoms with van der Waals surface area (Å²) in [6.45, 7) is 0.653. The molecule has 1 atom stereocenters. The van der Waals surface area contributed by atoms with Crippen molar-refractivity contribution in [1.82, 2.24) is 0 Å². The zero-order chi connectivity index (χ0) is 19.9. The zero-order valence-corrected chi connectivity index (χ0v) is 17.3. The molecule has 7 heteroatoms. The molecule has 3 aromatic carbocycles. The van der Waals surface area contributed by atoms with Crippen LogP contribution in [0.15, 0.2) is 66.7 Å². The second kappa shape index (κ2) is 9.63. The number of rotatable bonds is 8. The molecule has 0 fully saturated rings. The Balaban J connectivity index is 1.77. The van der Waals surface area contributed by atoms with Crippen LogP contribution >= 0.6 is 23.0 Å². The van der Waals surface area contributed by atoms with Crippen LogP contribution in [0.3, 0.4) is 0 Å². The lowest BCUT2D eigenvalue weighted by molar-refractivity contribution is 0.177. The summed E-state index contributed by atoms with van der Waals surface area (Å²) in [5.74, 6) is 1.37. The van der Waals surface area contributed by atoms with Crippen LogP contribution < -0.4 is 26.7 Å². The van der Waals surface area contributed by atoms with E-state index in [1.165, 1.54) is 0 Å². The number of benzene rings is 3. The Kier molecular flexibility index (Phi) is 6.96. The number of para-hydroxylation sites is 1. The maximum absolute atomic E-state index is 6.25. The van der Waals surface area contributed by atoms with Gasteiger partial charge in [0, 0.05) is 29.1 Å². The van der Waals surface area contributed by atoms with E-state index in [0.717, 1.165) is 22.4 Å². The number of anilines is 2. The highest BCUT2D eigenvalue weighted by Crippen LogP contribution is 2.36. The highest BCUT2D eigenvalue weighted by Gasteiger charge is 2.12. The molecule has 0 heterocycles. The fraction of sp³-hybridized carbons (Fsp3) is 0.143. The maximum Gasteiger partial charge on any atom is 0.152 e. The Morgan fingerprint density at radius 1 is 0.821 bits per heavy atom. The molecule has 146 valence electrons. The Bertz CT molecular complexity index is 899. The summed E-state index contributed by atoms with van der Waals surface area (Å²) in [6, 6.07) is 21.1. The Morgan fingerprint density at radius 3 is 2.21 bits per heavy atom. The van der Waals surface area contributed by atoms with Gasteiger partial charge in [-0.15, -0.1) is 0 Å². The molecular weight excluding hydrogens is 469 g/mol. The third kappa shape index (κ3) is 5.28. The summed E-state index contributed by atoms with van der Waals surface area (Å²) >= 11 is 1.73. The van der Waals surface area contributed by atoms with Crippen LogP contribution in [0, 0.1) is 0 Å². The predicted molar refractivity (Wildman–Crippen MR) is 120 cm³/mol. The van der Waals surface area contributed by atoms with Gasteiger partial charge in [0.1, 0.15) is 47.7 Å². The molecule has 0 aliphatic heterocycles. The van der Waals surface area contributed by atoms with E-state index in [2.05, 4.69) is 0 Å². The third-order valence-corrected chi connectivity index (χ3v) is 4.72. The van der Waals surface area contributed by atoms with Gasteiger partial charge in [0.25, 0.3) is 0 Å². The van der Waals surface area contributed by atoms with E-state index in [4.69, 9.17) is 29.7 Å². The van der Waals surface area contributed by atoms with Crippen molar-refractivity contribution in [3.63, 3.8) is 0 Å². The Hall–Kier alpha value is -2.49.